The Balaban J connectivity index is 2.02. The van der Waals surface area contributed by atoms with Gasteiger partial charge in [-0.1, -0.05) is 52.2 Å². The average molecular weight is 431 g/mol. The molecule has 3 aromatic carbocycles. The molecule has 28 heavy (non-hydrogen) atoms. The van der Waals surface area contributed by atoms with Crippen LogP contribution in [0, 0.1) is 23.7 Å². The van der Waals surface area contributed by atoms with Gasteiger partial charge in [-0.05, 0) is 47.2 Å². The van der Waals surface area contributed by atoms with E-state index in [1.54, 1.807) is 18.2 Å². The largest absolute Gasteiger partial charge is 0.480 e. The highest BCUT2D eigenvalue weighted by atomic mass is 79.9. The zero-order chi connectivity index (χ0) is 19.9. The quantitative estimate of drug-likeness (QED) is 0.345. The van der Waals surface area contributed by atoms with Gasteiger partial charge < -0.3 is 10.1 Å². The number of terminal acetylenes is 1. The average Bonchev–Trinajstić information content (AvgIpc) is 2.72. The van der Waals surface area contributed by atoms with E-state index < -0.39 is 5.91 Å². The maximum Gasteiger partial charge on any atom is 0.266 e. The first-order valence-corrected chi connectivity index (χ1v) is 9.18. The Hall–Kier alpha value is -3.54. The van der Waals surface area contributed by atoms with Crippen molar-refractivity contribution in [2.45, 2.75) is 0 Å². The third-order valence-electron chi connectivity index (χ3n) is 4.00. The Morgan fingerprint density at radius 1 is 1.14 bits per heavy atom. The molecule has 3 rings (SSSR count). The molecule has 0 atom stereocenters. The van der Waals surface area contributed by atoms with Gasteiger partial charge in [-0.2, -0.15) is 5.26 Å². The summed E-state index contributed by atoms with van der Waals surface area (Å²) in [7, 11) is 0. The van der Waals surface area contributed by atoms with E-state index in [1.165, 1.54) is 6.08 Å². The van der Waals surface area contributed by atoms with Gasteiger partial charge in [-0.15, -0.1) is 6.42 Å². The number of carbonyl (C=O) groups excluding carboxylic acids is 1. The topological polar surface area (TPSA) is 62.1 Å². The van der Waals surface area contributed by atoms with Crippen LogP contribution in [0.3, 0.4) is 0 Å². The lowest BCUT2D eigenvalue weighted by atomic mass is 10.0. The molecule has 0 unspecified atom stereocenters. The molecular weight excluding hydrogens is 416 g/mol. The number of ether oxygens (including phenoxy) is 1. The summed E-state index contributed by atoms with van der Waals surface area (Å²) in [6.07, 6.45) is 6.83. The molecule has 4 nitrogen and oxygen atoms in total. The Labute approximate surface area is 171 Å². The van der Waals surface area contributed by atoms with E-state index in [9.17, 15) is 10.1 Å². The van der Waals surface area contributed by atoms with Crippen LogP contribution in [0.5, 0.6) is 5.75 Å². The fraction of sp³-hybridized carbons (Fsp3) is 0.0435. The van der Waals surface area contributed by atoms with Gasteiger partial charge in [0.15, 0.2) is 0 Å². The lowest BCUT2D eigenvalue weighted by Crippen LogP contribution is -2.13. The lowest BCUT2D eigenvalue weighted by Gasteiger charge is -2.11. The zero-order valence-electron chi connectivity index (χ0n) is 14.8. The fourth-order valence-electron chi connectivity index (χ4n) is 2.69. The van der Waals surface area contributed by atoms with Gasteiger partial charge in [-0.3, -0.25) is 4.79 Å². The van der Waals surface area contributed by atoms with Crippen molar-refractivity contribution in [2.24, 2.45) is 0 Å². The molecule has 0 saturated carbocycles. The van der Waals surface area contributed by atoms with Crippen molar-refractivity contribution in [1.82, 2.24) is 0 Å². The van der Waals surface area contributed by atoms with Crippen LogP contribution in [0.1, 0.15) is 5.56 Å². The van der Waals surface area contributed by atoms with Gasteiger partial charge in [-0.25, -0.2) is 0 Å². The molecule has 0 fully saturated rings. The SMILES string of the molecule is C#CCOc1ccc2ccccc2c1/C=C(\C#N)C(=O)Nc1ccc(Br)cc1. The summed E-state index contributed by atoms with van der Waals surface area (Å²) in [5.74, 6) is 2.44. The van der Waals surface area contributed by atoms with Crippen LogP contribution < -0.4 is 10.1 Å². The molecule has 1 amide bonds. The summed E-state index contributed by atoms with van der Waals surface area (Å²) in [6.45, 7) is 0.0894. The first kappa shape index (κ1) is 19.2. The van der Waals surface area contributed by atoms with Gasteiger partial charge in [0.25, 0.3) is 5.91 Å². The number of nitrogens with one attached hydrogen (secondary N) is 1. The second kappa shape index (κ2) is 8.90. The van der Waals surface area contributed by atoms with E-state index in [2.05, 4.69) is 27.2 Å². The highest BCUT2D eigenvalue weighted by molar-refractivity contribution is 9.10. The Morgan fingerprint density at radius 3 is 2.61 bits per heavy atom. The minimum absolute atomic E-state index is 0.0372. The number of anilines is 1. The van der Waals surface area contributed by atoms with Gasteiger partial charge in [0.2, 0.25) is 0 Å². The molecule has 0 saturated heterocycles. The number of benzene rings is 3. The monoisotopic (exact) mass is 430 g/mol. The third kappa shape index (κ3) is 4.40. The molecule has 0 aliphatic carbocycles. The number of hydrogen-bond donors (Lipinski definition) is 1. The number of nitriles is 1. The van der Waals surface area contributed by atoms with Crippen LogP contribution in [0.15, 0.2) is 70.7 Å². The van der Waals surface area contributed by atoms with Crippen molar-refractivity contribution >= 4 is 44.4 Å². The number of carbonyl (C=O) groups is 1. The fourth-order valence-corrected chi connectivity index (χ4v) is 2.96. The zero-order valence-corrected chi connectivity index (χ0v) is 16.4. The molecule has 3 aromatic rings. The maximum atomic E-state index is 12.6. The van der Waals surface area contributed by atoms with Crippen LogP contribution >= 0.6 is 15.9 Å². The Kier molecular flexibility index (Phi) is 6.11. The number of rotatable bonds is 5. The highest BCUT2D eigenvalue weighted by Crippen LogP contribution is 2.30. The van der Waals surface area contributed by atoms with Crippen molar-refractivity contribution in [3.63, 3.8) is 0 Å². The van der Waals surface area contributed by atoms with Crippen molar-refractivity contribution in [1.29, 1.82) is 5.26 Å². The second-order valence-electron chi connectivity index (χ2n) is 5.82. The van der Waals surface area contributed by atoms with E-state index in [0.29, 0.717) is 17.0 Å². The maximum absolute atomic E-state index is 12.6. The van der Waals surface area contributed by atoms with E-state index >= 15 is 0 Å². The minimum Gasteiger partial charge on any atom is -0.480 e. The van der Waals surface area contributed by atoms with Crippen molar-refractivity contribution in [3.8, 4) is 24.2 Å². The van der Waals surface area contributed by atoms with E-state index in [1.807, 2.05) is 48.5 Å². The molecular formula is C23H15BrN2O2. The van der Waals surface area contributed by atoms with Crippen molar-refractivity contribution in [3.05, 3.63) is 76.3 Å². The van der Waals surface area contributed by atoms with E-state index in [-0.39, 0.29) is 12.2 Å². The molecule has 0 bridgehead atoms. The number of halogens is 1. The molecule has 0 aromatic heterocycles. The summed E-state index contributed by atoms with van der Waals surface area (Å²) >= 11 is 3.35. The predicted octanol–water partition coefficient (Wildman–Crippen LogP) is 5.16. The first-order valence-electron chi connectivity index (χ1n) is 8.39. The van der Waals surface area contributed by atoms with Crippen LogP contribution in [0.4, 0.5) is 5.69 Å². The van der Waals surface area contributed by atoms with Crippen molar-refractivity contribution < 1.29 is 9.53 Å². The molecule has 136 valence electrons. The molecule has 0 spiro atoms. The highest BCUT2D eigenvalue weighted by Gasteiger charge is 2.13. The molecule has 0 aliphatic heterocycles. The van der Waals surface area contributed by atoms with Gasteiger partial charge >= 0.3 is 0 Å². The normalized spacial score (nSPS) is 10.8. The summed E-state index contributed by atoms with van der Waals surface area (Å²) in [5, 5.41) is 14.1. The van der Waals surface area contributed by atoms with Gasteiger partial charge in [0, 0.05) is 15.7 Å². The molecule has 1 N–H and O–H groups in total. The number of amides is 1. The summed E-state index contributed by atoms with van der Waals surface area (Å²) < 4.78 is 6.52. The smallest absolute Gasteiger partial charge is 0.266 e. The standard InChI is InChI=1S/C23H15BrN2O2/c1-2-13-28-22-12-7-16-5-3-4-6-20(16)21(22)14-17(15-25)23(27)26-19-10-8-18(24)9-11-19/h1,3-12,14H,13H2,(H,26,27)/b17-14+. The third-order valence-corrected chi connectivity index (χ3v) is 4.53. The minimum atomic E-state index is -0.499. The van der Waals surface area contributed by atoms with Crippen LogP contribution in [-0.2, 0) is 4.79 Å². The Morgan fingerprint density at radius 2 is 1.89 bits per heavy atom. The van der Waals surface area contributed by atoms with E-state index in [4.69, 9.17) is 11.2 Å². The number of fused-ring (bicyclic) bond motifs is 1. The molecule has 0 heterocycles. The predicted molar refractivity (Wildman–Crippen MR) is 115 cm³/mol. The second-order valence-corrected chi connectivity index (χ2v) is 6.74. The van der Waals surface area contributed by atoms with E-state index in [0.717, 1.165) is 15.2 Å². The van der Waals surface area contributed by atoms with Crippen molar-refractivity contribution in [2.75, 3.05) is 11.9 Å². The summed E-state index contributed by atoms with van der Waals surface area (Å²) in [5.41, 5.74) is 1.19. The summed E-state index contributed by atoms with van der Waals surface area (Å²) in [4.78, 5) is 12.6. The number of hydrogen-bond acceptors (Lipinski definition) is 3. The van der Waals surface area contributed by atoms with Gasteiger partial charge in [0.1, 0.15) is 24.0 Å². The number of nitrogens with zero attached hydrogens (tertiary/aromatic N) is 1. The molecule has 0 aliphatic rings. The van der Waals surface area contributed by atoms with Gasteiger partial charge in [0.05, 0.1) is 0 Å². The Bertz CT molecular complexity index is 1140. The van der Waals surface area contributed by atoms with Crippen LogP contribution in [0.2, 0.25) is 0 Å². The molecule has 5 heteroatoms. The van der Waals surface area contributed by atoms with Crippen LogP contribution in [-0.4, -0.2) is 12.5 Å². The first-order chi connectivity index (χ1) is 13.6. The summed E-state index contributed by atoms with van der Waals surface area (Å²) in [6, 6.07) is 20.4. The molecule has 0 radical (unpaired) electrons. The van der Waals surface area contributed by atoms with Crippen LogP contribution in [0.25, 0.3) is 16.8 Å². The lowest BCUT2D eigenvalue weighted by molar-refractivity contribution is -0.112.